The number of benzene rings is 1. The number of rotatable bonds is 2. The average molecular weight is 176 g/mol. The van der Waals surface area contributed by atoms with Gasteiger partial charge in [-0.1, -0.05) is 61.2 Å². The van der Waals surface area contributed by atoms with E-state index in [2.05, 4.69) is 30.3 Å². The largest absolute Gasteiger partial charge is 0.0667 e. The van der Waals surface area contributed by atoms with E-state index in [-0.39, 0.29) is 9.52 Å². The highest BCUT2D eigenvalue weighted by molar-refractivity contribution is 6.55. The Morgan fingerprint density at radius 2 is 1.67 bits per heavy atom. The Hall–Kier alpha value is -0.563. The average Bonchev–Trinajstić information content (AvgIpc) is 2.59. The predicted molar refractivity (Wildman–Crippen MR) is 56.8 cm³/mol. The molecule has 64 valence electrons. The summed E-state index contributed by atoms with van der Waals surface area (Å²) in [6.45, 7) is 0. The highest BCUT2D eigenvalue weighted by Gasteiger charge is 2.15. The second-order valence-corrected chi connectivity index (χ2v) is 6.22. The molecular formula is C11H16Si. The zero-order valence-corrected chi connectivity index (χ0v) is 8.91. The fourth-order valence-corrected chi connectivity index (χ4v) is 4.36. The van der Waals surface area contributed by atoms with Crippen LogP contribution in [0.4, 0.5) is 0 Å². The molecule has 0 spiro atoms. The van der Waals surface area contributed by atoms with Crippen molar-refractivity contribution in [1.29, 1.82) is 0 Å². The van der Waals surface area contributed by atoms with Crippen LogP contribution in [-0.2, 0) is 0 Å². The smallest absolute Gasteiger partial charge is 0.0578 e. The zero-order valence-electron chi connectivity index (χ0n) is 7.50. The molecule has 0 nitrogen and oxygen atoms in total. The summed E-state index contributed by atoms with van der Waals surface area (Å²) < 4.78 is 0. The monoisotopic (exact) mass is 176 g/mol. The molecule has 0 N–H and O–H groups in total. The van der Waals surface area contributed by atoms with Gasteiger partial charge in [0, 0.05) is 0 Å². The molecule has 1 aromatic carbocycles. The van der Waals surface area contributed by atoms with Crippen molar-refractivity contribution >= 4 is 14.7 Å². The molecule has 1 heteroatoms. The maximum Gasteiger partial charge on any atom is 0.0578 e. The van der Waals surface area contributed by atoms with E-state index in [9.17, 15) is 0 Å². The van der Waals surface area contributed by atoms with Crippen molar-refractivity contribution in [2.45, 2.75) is 31.2 Å². The third kappa shape index (κ3) is 1.98. The minimum atomic E-state index is 0.0650. The van der Waals surface area contributed by atoms with Crippen LogP contribution >= 0.6 is 0 Å². The van der Waals surface area contributed by atoms with Gasteiger partial charge in [0.2, 0.25) is 0 Å². The van der Waals surface area contributed by atoms with Crippen molar-refractivity contribution < 1.29 is 0 Å². The van der Waals surface area contributed by atoms with E-state index >= 15 is 0 Å². The van der Waals surface area contributed by atoms with Gasteiger partial charge >= 0.3 is 0 Å². The summed E-state index contributed by atoms with van der Waals surface area (Å²) in [6.07, 6.45) is 6.01. The first-order valence-electron chi connectivity index (χ1n) is 4.99. The second-order valence-electron chi connectivity index (χ2n) is 3.84. The van der Waals surface area contributed by atoms with Crippen LogP contribution in [0.1, 0.15) is 25.7 Å². The quantitative estimate of drug-likeness (QED) is 0.603. The number of hydrogen-bond acceptors (Lipinski definition) is 0. The lowest BCUT2D eigenvalue weighted by molar-refractivity contribution is 0.873. The van der Waals surface area contributed by atoms with Crippen LogP contribution in [0.2, 0.25) is 5.54 Å². The van der Waals surface area contributed by atoms with Gasteiger partial charge in [-0.3, -0.25) is 0 Å². The van der Waals surface area contributed by atoms with E-state index < -0.39 is 0 Å². The summed E-state index contributed by atoms with van der Waals surface area (Å²) in [6, 6.07) is 11.1. The van der Waals surface area contributed by atoms with Crippen LogP contribution in [0.3, 0.4) is 0 Å². The molecule has 0 radical (unpaired) electrons. The van der Waals surface area contributed by atoms with Crippen LogP contribution in [0.25, 0.3) is 0 Å². The van der Waals surface area contributed by atoms with Gasteiger partial charge in [0.1, 0.15) is 0 Å². The third-order valence-electron chi connectivity index (χ3n) is 2.84. The van der Waals surface area contributed by atoms with Crippen molar-refractivity contribution in [2.24, 2.45) is 0 Å². The van der Waals surface area contributed by atoms with E-state index in [1.807, 2.05) is 0 Å². The molecule has 1 saturated carbocycles. The summed E-state index contributed by atoms with van der Waals surface area (Å²) in [5.41, 5.74) is 1.12. The van der Waals surface area contributed by atoms with E-state index in [0.29, 0.717) is 0 Å². The van der Waals surface area contributed by atoms with Gasteiger partial charge in [-0.15, -0.1) is 0 Å². The molecule has 1 fully saturated rings. The molecule has 0 atom stereocenters. The van der Waals surface area contributed by atoms with Crippen LogP contribution < -0.4 is 5.19 Å². The predicted octanol–water partition coefficient (Wildman–Crippen LogP) is 1.84. The van der Waals surface area contributed by atoms with Crippen molar-refractivity contribution in [3.05, 3.63) is 30.3 Å². The molecule has 1 aliphatic rings. The van der Waals surface area contributed by atoms with Crippen molar-refractivity contribution in [3.8, 4) is 0 Å². The molecule has 0 unspecified atom stereocenters. The van der Waals surface area contributed by atoms with Crippen molar-refractivity contribution in [2.75, 3.05) is 0 Å². The normalized spacial score (nSPS) is 19.3. The Balaban J connectivity index is 1.94. The van der Waals surface area contributed by atoms with E-state index in [1.165, 1.54) is 25.7 Å². The fraction of sp³-hybridized carbons (Fsp3) is 0.455. The summed E-state index contributed by atoms with van der Waals surface area (Å²) in [5, 5.41) is 1.66. The van der Waals surface area contributed by atoms with Gasteiger partial charge < -0.3 is 0 Å². The van der Waals surface area contributed by atoms with E-state index in [1.54, 1.807) is 5.19 Å². The van der Waals surface area contributed by atoms with E-state index in [0.717, 1.165) is 5.54 Å². The lowest BCUT2D eigenvalue weighted by Crippen LogP contribution is -2.17. The summed E-state index contributed by atoms with van der Waals surface area (Å²) in [4.78, 5) is 0. The first-order chi connectivity index (χ1) is 5.95. The second kappa shape index (κ2) is 3.90. The molecule has 0 heterocycles. The molecule has 0 aromatic heterocycles. The van der Waals surface area contributed by atoms with Gasteiger partial charge in [-0.05, 0) is 5.54 Å². The van der Waals surface area contributed by atoms with Gasteiger partial charge in [0.05, 0.1) is 9.52 Å². The van der Waals surface area contributed by atoms with Gasteiger partial charge in [-0.25, -0.2) is 0 Å². The molecule has 0 saturated heterocycles. The van der Waals surface area contributed by atoms with Gasteiger partial charge in [-0.2, -0.15) is 0 Å². The lowest BCUT2D eigenvalue weighted by atomic mass is 10.4. The molecule has 1 aliphatic carbocycles. The van der Waals surface area contributed by atoms with Crippen molar-refractivity contribution in [1.82, 2.24) is 0 Å². The Morgan fingerprint density at radius 3 is 2.33 bits per heavy atom. The standard InChI is InChI=1S/C11H16Si/c1-2-6-10(7-3-1)12-11-8-4-5-9-11/h1-3,6-7,11H,4-5,8-9,12H2. The SMILES string of the molecule is c1ccc([SiH2]C2CCCC2)cc1. The molecule has 12 heavy (non-hydrogen) atoms. The molecule has 2 rings (SSSR count). The fourth-order valence-electron chi connectivity index (χ4n) is 2.16. The molecule has 0 amide bonds. The Labute approximate surface area is 76.8 Å². The minimum Gasteiger partial charge on any atom is -0.0667 e. The van der Waals surface area contributed by atoms with Crippen LogP contribution in [0, 0.1) is 0 Å². The summed E-state index contributed by atoms with van der Waals surface area (Å²) in [5.74, 6) is 0. The highest BCUT2D eigenvalue weighted by atomic mass is 28.2. The topological polar surface area (TPSA) is 0 Å². The third-order valence-corrected chi connectivity index (χ3v) is 5.18. The molecular weight excluding hydrogens is 160 g/mol. The molecule has 1 aromatic rings. The van der Waals surface area contributed by atoms with Gasteiger partial charge in [0.15, 0.2) is 0 Å². The Bertz CT molecular complexity index is 224. The Kier molecular flexibility index (Phi) is 2.62. The molecule has 0 aliphatic heterocycles. The maximum atomic E-state index is 2.31. The summed E-state index contributed by atoms with van der Waals surface area (Å²) in [7, 11) is 0.0650. The van der Waals surface area contributed by atoms with Crippen LogP contribution in [0.5, 0.6) is 0 Å². The Morgan fingerprint density at radius 1 is 1.00 bits per heavy atom. The van der Waals surface area contributed by atoms with E-state index in [4.69, 9.17) is 0 Å². The lowest BCUT2D eigenvalue weighted by Gasteiger charge is -2.06. The van der Waals surface area contributed by atoms with Crippen LogP contribution in [-0.4, -0.2) is 9.52 Å². The highest BCUT2D eigenvalue weighted by Crippen LogP contribution is 2.28. The van der Waals surface area contributed by atoms with Gasteiger partial charge in [0.25, 0.3) is 0 Å². The first kappa shape index (κ1) is 8.05. The minimum absolute atomic E-state index is 0.0650. The van der Waals surface area contributed by atoms with Crippen molar-refractivity contribution in [3.63, 3.8) is 0 Å². The summed E-state index contributed by atoms with van der Waals surface area (Å²) >= 11 is 0. The first-order valence-corrected chi connectivity index (χ1v) is 6.51. The molecule has 0 bridgehead atoms. The zero-order chi connectivity index (χ0) is 8.23. The number of hydrogen-bond donors (Lipinski definition) is 0. The van der Waals surface area contributed by atoms with Crippen LogP contribution in [0.15, 0.2) is 30.3 Å². The maximum absolute atomic E-state index is 2.31.